The molecule has 4 heteroatoms. The summed E-state index contributed by atoms with van der Waals surface area (Å²) < 4.78 is 18.7. The van der Waals surface area contributed by atoms with Gasteiger partial charge in [-0.15, -0.1) is 0 Å². The van der Waals surface area contributed by atoms with E-state index in [0.29, 0.717) is 13.2 Å². The van der Waals surface area contributed by atoms with Crippen molar-refractivity contribution in [2.24, 2.45) is 0 Å². The third kappa shape index (κ3) is 5.95. The summed E-state index contributed by atoms with van der Waals surface area (Å²) in [6.45, 7) is 3.06. The van der Waals surface area contributed by atoms with Gasteiger partial charge in [-0.3, -0.25) is 10.3 Å². The standard InChI is InChI=1S/C23H21FN2O/c1-18(25-15-5-6-19-10-12-21(24)13-11-19)20-7-4-9-23(16-20)27-17-22-8-2-3-14-26-22/h2-4,7-14,16,18,25H,15,17H2,1H3/t18-/m0/s1. The molecule has 0 aliphatic heterocycles. The molecule has 0 radical (unpaired) electrons. The minimum absolute atomic E-state index is 0.130. The zero-order valence-corrected chi connectivity index (χ0v) is 15.2. The first-order valence-electron chi connectivity index (χ1n) is 8.81. The lowest BCUT2D eigenvalue weighted by atomic mass is 10.1. The highest BCUT2D eigenvalue weighted by Gasteiger charge is 2.05. The molecule has 1 atom stereocenters. The van der Waals surface area contributed by atoms with E-state index in [1.807, 2.05) is 36.4 Å². The minimum Gasteiger partial charge on any atom is -0.487 e. The number of hydrogen-bond donors (Lipinski definition) is 1. The lowest BCUT2D eigenvalue weighted by Gasteiger charge is -2.14. The van der Waals surface area contributed by atoms with Crippen LogP contribution in [0, 0.1) is 17.7 Å². The van der Waals surface area contributed by atoms with E-state index in [2.05, 4.69) is 35.1 Å². The first-order chi connectivity index (χ1) is 13.2. The molecule has 3 rings (SSSR count). The van der Waals surface area contributed by atoms with Crippen LogP contribution in [0.25, 0.3) is 0 Å². The van der Waals surface area contributed by atoms with Crippen LogP contribution < -0.4 is 10.1 Å². The Bertz CT molecular complexity index is 914. The van der Waals surface area contributed by atoms with Crippen LogP contribution in [0.1, 0.15) is 29.8 Å². The molecule has 0 amide bonds. The lowest BCUT2D eigenvalue weighted by molar-refractivity contribution is 0.301. The number of rotatable bonds is 6. The highest BCUT2D eigenvalue weighted by atomic mass is 19.1. The Kier molecular flexibility index (Phi) is 6.56. The molecule has 0 fully saturated rings. The monoisotopic (exact) mass is 360 g/mol. The predicted octanol–water partition coefficient (Wildman–Crippen LogP) is 4.50. The quantitative estimate of drug-likeness (QED) is 0.657. The molecule has 27 heavy (non-hydrogen) atoms. The summed E-state index contributed by atoms with van der Waals surface area (Å²) in [5.41, 5.74) is 2.82. The number of benzene rings is 2. The molecule has 0 bridgehead atoms. The van der Waals surface area contributed by atoms with Gasteiger partial charge in [0.25, 0.3) is 0 Å². The summed E-state index contributed by atoms with van der Waals surface area (Å²) in [5, 5.41) is 3.37. The molecule has 0 unspecified atom stereocenters. The van der Waals surface area contributed by atoms with Crippen molar-refractivity contribution in [3.8, 4) is 17.6 Å². The number of hydrogen-bond acceptors (Lipinski definition) is 3. The molecule has 0 aliphatic rings. The second kappa shape index (κ2) is 9.51. The van der Waals surface area contributed by atoms with Gasteiger partial charge < -0.3 is 4.74 Å². The molecule has 0 saturated carbocycles. The molecular formula is C23H21FN2O. The predicted molar refractivity (Wildman–Crippen MR) is 105 cm³/mol. The van der Waals surface area contributed by atoms with E-state index in [4.69, 9.17) is 4.74 Å². The molecular weight excluding hydrogens is 339 g/mol. The van der Waals surface area contributed by atoms with E-state index in [1.54, 1.807) is 18.3 Å². The van der Waals surface area contributed by atoms with Crippen molar-refractivity contribution in [1.82, 2.24) is 10.3 Å². The molecule has 0 spiro atoms. The second-order valence-electron chi connectivity index (χ2n) is 6.09. The van der Waals surface area contributed by atoms with Crippen LogP contribution in [-0.2, 0) is 6.61 Å². The van der Waals surface area contributed by atoms with E-state index in [0.717, 1.165) is 22.6 Å². The van der Waals surface area contributed by atoms with Crippen molar-refractivity contribution < 1.29 is 9.13 Å². The minimum atomic E-state index is -0.252. The van der Waals surface area contributed by atoms with Gasteiger partial charge in [0.2, 0.25) is 0 Å². The van der Waals surface area contributed by atoms with Crippen LogP contribution >= 0.6 is 0 Å². The molecule has 1 heterocycles. The van der Waals surface area contributed by atoms with Crippen molar-refractivity contribution in [3.05, 3.63) is 95.6 Å². The fraction of sp³-hybridized carbons (Fsp3) is 0.174. The highest BCUT2D eigenvalue weighted by Crippen LogP contribution is 2.19. The van der Waals surface area contributed by atoms with Gasteiger partial charge in [-0.2, -0.15) is 0 Å². The molecule has 1 N–H and O–H groups in total. The Morgan fingerprint density at radius 1 is 1.07 bits per heavy atom. The third-order valence-corrected chi connectivity index (χ3v) is 4.04. The second-order valence-corrected chi connectivity index (χ2v) is 6.09. The fourth-order valence-electron chi connectivity index (χ4n) is 2.52. The average Bonchev–Trinajstić information content (AvgIpc) is 2.72. The van der Waals surface area contributed by atoms with Gasteiger partial charge in [-0.1, -0.05) is 30.0 Å². The molecule has 0 aliphatic carbocycles. The average molecular weight is 360 g/mol. The normalized spacial score (nSPS) is 11.3. The summed E-state index contributed by atoms with van der Waals surface area (Å²) in [5.74, 6) is 6.63. The van der Waals surface area contributed by atoms with Crippen LogP contribution in [0.3, 0.4) is 0 Å². The maximum atomic E-state index is 12.9. The molecule has 3 aromatic rings. The third-order valence-electron chi connectivity index (χ3n) is 4.04. The van der Waals surface area contributed by atoms with Gasteiger partial charge >= 0.3 is 0 Å². The summed E-state index contributed by atoms with van der Waals surface area (Å²) in [7, 11) is 0. The number of nitrogens with one attached hydrogen (secondary N) is 1. The Morgan fingerprint density at radius 3 is 2.70 bits per heavy atom. The summed E-state index contributed by atoms with van der Waals surface area (Å²) >= 11 is 0. The molecule has 136 valence electrons. The Labute approximate surface area is 159 Å². The van der Waals surface area contributed by atoms with Crippen molar-refractivity contribution >= 4 is 0 Å². The number of ether oxygens (including phenoxy) is 1. The Hall–Kier alpha value is -3.16. The maximum Gasteiger partial charge on any atom is 0.130 e. The van der Waals surface area contributed by atoms with Crippen LogP contribution in [0.4, 0.5) is 4.39 Å². The van der Waals surface area contributed by atoms with Crippen LogP contribution in [0.2, 0.25) is 0 Å². The van der Waals surface area contributed by atoms with Gasteiger partial charge in [0.1, 0.15) is 18.2 Å². The smallest absolute Gasteiger partial charge is 0.130 e. The van der Waals surface area contributed by atoms with E-state index in [-0.39, 0.29) is 11.9 Å². The maximum absolute atomic E-state index is 12.9. The number of halogens is 1. The first-order valence-corrected chi connectivity index (χ1v) is 8.81. The Morgan fingerprint density at radius 2 is 1.93 bits per heavy atom. The van der Waals surface area contributed by atoms with Crippen molar-refractivity contribution in [2.75, 3.05) is 6.54 Å². The topological polar surface area (TPSA) is 34.1 Å². The van der Waals surface area contributed by atoms with E-state index in [1.165, 1.54) is 12.1 Å². The van der Waals surface area contributed by atoms with E-state index >= 15 is 0 Å². The fourth-order valence-corrected chi connectivity index (χ4v) is 2.52. The molecule has 2 aromatic carbocycles. The molecule has 1 aromatic heterocycles. The van der Waals surface area contributed by atoms with Crippen LogP contribution in [0.15, 0.2) is 72.9 Å². The lowest BCUT2D eigenvalue weighted by Crippen LogP contribution is -2.18. The van der Waals surface area contributed by atoms with Gasteiger partial charge in [-0.05, 0) is 61.0 Å². The summed E-state index contributed by atoms with van der Waals surface area (Å²) in [4.78, 5) is 4.26. The zero-order chi connectivity index (χ0) is 18.9. The van der Waals surface area contributed by atoms with Crippen molar-refractivity contribution in [2.45, 2.75) is 19.6 Å². The first kappa shape index (κ1) is 18.6. The molecule has 0 saturated heterocycles. The van der Waals surface area contributed by atoms with Gasteiger partial charge in [0, 0.05) is 17.8 Å². The number of pyridine rings is 1. The summed E-state index contributed by atoms with van der Waals surface area (Å²) in [6, 6.07) is 20.1. The Balaban J connectivity index is 1.52. The van der Waals surface area contributed by atoms with Gasteiger partial charge in [-0.25, -0.2) is 4.39 Å². The van der Waals surface area contributed by atoms with Crippen molar-refractivity contribution in [1.29, 1.82) is 0 Å². The number of nitrogens with zero attached hydrogens (tertiary/aromatic N) is 1. The van der Waals surface area contributed by atoms with Crippen LogP contribution in [0.5, 0.6) is 5.75 Å². The van der Waals surface area contributed by atoms with E-state index < -0.39 is 0 Å². The highest BCUT2D eigenvalue weighted by molar-refractivity contribution is 5.34. The zero-order valence-electron chi connectivity index (χ0n) is 15.2. The van der Waals surface area contributed by atoms with Gasteiger partial charge in [0.15, 0.2) is 0 Å². The van der Waals surface area contributed by atoms with Crippen LogP contribution in [-0.4, -0.2) is 11.5 Å². The van der Waals surface area contributed by atoms with Crippen molar-refractivity contribution in [3.63, 3.8) is 0 Å². The largest absolute Gasteiger partial charge is 0.487 e. The molecule has 3 nitrogen and oxygen atoms in total. The number of aromatic nitrogens is 1. The SMILES string of the molecule is C[C@H](NCC#Cc1ccc(F)cc1)c1cccc(OCc2ccccn2)c1. The summed E-state index contributed by atoms with van der Waals surface area (Å²) in [6.07, 6.45) is 1.76. The van der Waals surface area contributed by atoms with E-state index in [9.17, 15) is 4.39 Å². The van der Waals surface area contributed by atoms with Gasteiger partial charge in [0.05, 0.1) is 12.2 Å².